The number of alkyl halides is 3. The summed E-state index contributed by atoms with van der Waals surface area (Å²) >= 11 is 1.33. The van der Waals surface area contributed by atoms with Crippen molar-refractivity contribution in [3.05, 3.63) is 47.5 Å². The first-order chi connectivity index (χ1) is 13.9. The molecule has 2 atom stereocenters. The molecule has 150 valence electrons. The molecule has 2 unspecified atom stereocenters. The molecule has 0 fully saturated rings. The molecule has 1 aliphatic heterocycles. The maximum absolute atomic E-state index is 13.1. The van der Waals surface area contributed by atoms with Gasteiger partial charge in [0.05, 0.1) is 16.1 Å². The second-order valence-electron chi connectivity index (χ2n) is 6.46. The van der Waals surface area contributed by atoms with E-state index in [4.69, 9.17) is 4.74 Å². The molecule has 2 aromatic heterocycles. The summed E-state index contributed by atoms with van der Waals surface area (Å²) in [5.41, 5.74) is 3.10. The van der Waals surface area contributed by atoms with E-state index in [1.54, 1.807) is 12.3 Å². The standard InChI is InChI=1S/C19H16F3N5OS/c1-10-17(26-27-29-10)11-3-4-12-14(7-8-23-15(12)9-11)24-16-6-5-13(19(20,21)22)18(25-16)28-2/h3-9,13,18H,1-2H3,(H,23,24,25). The number of fused-ring (bicyclic) bond motifs is 1. The first-order valence-corrected chi connectivity index (χ1v) is 9.45. The van der Waals surface area contributed by atoms with Crippen molar-refractivity contribution in [2.45, 2.75) is 19.3 Å². The predicted molar refractivity (Wildman–Crippen MR) is 106 cm³/mol. The SMILES string of the molecule is COC1N=C(Nc2ccnc3cc(-c4nnsc4C)ccc23)C=CC1C(F)(F)F. The molecule has 1 aliphatic rings. The second-order valence-corrected chi connectivity index (χ2v) is 7.42. The number of rotatable bonds is 3. The fourth-order valence-corrected chi connectivity index (χ4v) is 3.62. The van der Waals surface area contributed by atoms with Gasteiger partial charge < -0.3 is 10.1 Å². The van der Waals surface area contributed by atoms with Crippen LogP contribution in [0.2, 0.25) is 0 Å². The molecule has 4 rings (SSSR count). The number of ether oxygens (including phenoxy) is 1. The lowest BCUT2D eigenvalue weighted by Crippen LogP contribution is -2.36. The normalized spacial score (nSPS) is 19.4. The van der Waals surface area contributed by atoms with Gasteiger partial charge in [0.2, 0.25) is 0 Å². The Kier molecular flexibility index (Phi) is 5.05. The predicted octanol–water partition coefficient (Wildman–Crippen LogP) is 4.59. The Bertz CT molecular complexity index is 1110. The van der Waals surface area contributed by atoms with E-state index in [1.807, 2.05) is 25.1 Å². The summed E-state index contributed by atoms with van der Waals surface area (Å²) in [5.74, 6) is -1.49. The summed E-state index contributed by atoms with van der Waals surface area (Å²) in [6, 6.07) is 7.44. The number of dihydropyridines is 1. The van der Waals surface area contributed by atoms with Crippen LogP contribution in [0.5, 0.6) is 0 Å². The van der Waals surface area contributed by atoms with E-state index in [9.17, 15) is 13.2 Å². The van der Waals surface area contributed by atoms with Gasteiger partial charge in [0, 0.05) is 24.3 Å². The highest BCUT2D eigenvalue weighted by atomic mass is 32.1. The Balaban J connectivity index is 1.64. The number of halogens is 3. The van der Waals surface area contributed by atoms with Crippen LogP contribution in [0.4, 0.5) is 18.9 Å². The maximum Gasteiger partial charge on any atom is 0.399 e. The van der Waals surface area contributed by atoms with Gasteiger partial charge in [-0.3, -0.25) is 4.98 Å². The third kappa shape index (κ3) is 3.85. The summed E-state index contributed by atoms with van der Waals surface area (Å²) in [6.45, 7) is 1.95. The first-order valence-electron chi connectivity index (χ1n) is 8.67. The number of aromatic nitrogens is 3. The van der Waals surface area contributed by atoms with Crippen molar-refractivity contribution in [3.8, 4) is 11.3 Å². The van der Waals surface area contributed by atoms with Crippen molar-refractivity contribution in [2.24, 2.45) is 10.9 Å². The number of hydrogen-bond donors (Lipinski definition) is 1. The zero-order valence-electron chi connectivity index (χ0n) is 15.4. The van der Waals surface area contributed by atoms with Crippen molar-refractivity contribution in [1.29, 1.82) is 0 Å². The number of anilines is 1. The van der Waals surface area contributed by atoms with Crippen molar-refractivity contribution in [3.63, 3.8) is 0 Å². The first kappa shape index (κ1) is 19.5. The van der Waals surface area contributed by atoms with Crippen LogP contribution in [0.25, 0.3) is 22.2 Å². The monoisotopic (exact) mass is 419 g/mol. The summed E-state index contributed by atoms with van der Waals surface area (Å²) < 4.78 is 48.1. The van der Waals surface area contributed by atoms with Crippen LogP contribution in [0.3, 0.4) is 0 Å². The zero-order valence-corrected chi connectivity index (χ0v) is 16.3. The third-order valence-corrected chi connectivity index (χ3v) is 5.22. The van der Waals surface area contributed by atoms with Gasteiger partial charge in [-0.15, -0.1) is 5.10 Å². The van der Waals surface area contributed by atoms with Crippen LogP contribution in [-0.4, -0.2) is 39.9 Å². The van der Waals surface area contributed by atoms with Crippen molar-refractivity contribution >= 4 is 34.0 Å². The summed E-state index contributed by atoms with van der Waals surface area (Å²) in [7, 11) is 1.21. The fraction of sp³-hybridized carbons (Fsp3) is 0.263. The number of amidine groups is 1. The molecule has 0 radical (unpaired) electrons. The minimum absolute atomic E-state index is 0.286. The van der Waals surface area contributed by atoms with E-state index in [2.05, 4.69) is 24.9 Å². The number of methoxy groups -OCH3 is 1. The Hall–Kier alpha value is -2.85. The Morgan fingerprint density at radius 3 is 2.72 bits per heavy atom. The Morgan fingerprint density at radius 2 is 2.03 bits per heavy atom. The topological polar surface area (TPSA) is 72.3 Å². The van der Waals surface area contributed by atoms with Crippen LogP contribution in [0, 0.1) is 12.8 Å². The van der Waals surface area contributed by atoms with E-state index < -0.39 is 18.3 Å². The highest BCUT2D eigenvalue weighted by molar-refractivity contribution is 7.05. The van der Waals surface area contributed by atoms with Crippen molar-refractivity contribution < 1.29 is 17.9 Å². The number of benzene rings is 1. The van der Waals surface area contributed by atoms with Gasteiger partial charge in [0.25, 0.3) is 0 Å². The van der Waals surface area contributed by atoms with Crippen molar-refractivity contribution in [1.82, 2.24) is 14.6 Å². The molecule has 3 heterocycles. The Morgan fingerprint density at radius 1 is 1.21 bits per heavy atom. The van der Waals surface area contributed by atoms with Crippen LogP contribution < -0.4 is 5.32 Å². The van der Waals surface area contributed by atoms with Crippen LogP contribution >= 0.6 is 11.5 Å². The average molecular weight is 419 g/mol. The van der Waals surface area contributed by atoms with E-state index in [0.717, 1.165) is 33.1 Å². The van der Waals surface area contributed by atoms with Gasteiger partial charge in [0.15, 0.2) is 6.23 Å². The zero-order chi connectivity index (χ0) is 20.6. The lowest BCUT2D eigenvalue weighted by molar-refractivity contribution is -0.187. The Labute approximate surface area is 168 Å². The second kappa shape index (κ2) is 7.53. The summed E-state index contributed by atoms with van der Waals surface area (Å²) in [6.07, 6.45) is -1.75. The molecule has 0 amide bonds. The highest BCUT2D eigenvalue weighted by Crippen LogP contribution is 2.34. The van der Waals surface area contributed by atoms with Crippen LogP contribution in [0.1, 0.15) is 4.88 Å². The van der Waals surface area contributed by atoms with Gasteiger partial charge in [-0.05, 0) is 36.7 Å². The molecular weight excluding hydrogens is 403 g/mol. The van der Waals surface area contributed by atoms with Gasteiger partial charge >= 0.3 is 6.18 Å². The fourth-order valence-electron chi connectivity index (χ4n) is 3.13. The number of aliphatic imine (C=N–C) groups is 1. The molecule has 10 heteroatoms. The highest BCUT2D eigenvalue weighted by Gasteiger charge is 2.44. The van der Waals surface area contributed by atoms with Gasteiger partial charge in [-0.25, -0.2) is 4.99 Å². The smallest absolute Gasteiger partial charge is 0.359 e. The van der Waals surface area contributed by atoms with Gasteiger partial charge in [-0.2, -0.15) is 13.2 Å². The van der Waals surface area contributed by atoms with Gasteiger partial charge in [-0.1, -0.05) is 22.7 Å². The van der Waals surface area contributed by atoms with E-state index in [-0.39, 0.29) is 5.84 Å². The molecule has 0 saturated carbocycles. The molecule has 0 bridgehead atoms. The van der Waals surface area contributed by atoms with Crippen molar-refractivity contribution in [2.75, 3.05) is 12.4 Å². The molecule has 1 N–H and O–H groups in total. The van der Waals surface area contributed by atoms with E-state index >= 15 is 0 Å². The maximum atomic E-state index is 13.1. The molecule has 1 aromatic carbocycles. The number of nitrogens with zero attached hydrogens (tertiary/aromatic N) is 4. The minimum atomic E-state index is -4.42. The molecule has 0 spiro atoms. The lowest BCUT2D eigenvalue weighted by Gasteiger charge is -2.26. The van der Waals surface area contributed by atoms with E-state index in [1.165, 1.54) is 24.7 Å². The van der Waals surface area contributed by atoms with E-state index in [0.29, 0.717) is 5.69 Å². The molecule has 0 aliphatic carbocycles. The third-order valence-electron chi connectivity index (χ3n) is 4.59. The van der Waals surface area contributed by atoms with Crippen LogP contribution in [0.15, 0.2) is 47.6 Å². The minimum Gasteiger partial charge on any atom is -0.359 e. The molecule has 3 aromatic rings. The lowest BCUT2D eigenvalue weighted by atomic mass is 10.0. The molecule has 6 nitrogen and oxygen atoms in total. The number of nitrogens with one attached hydrogen (secondary N) is 1. The van der Waals surface area contributed by atoms with Gasteiger partial charge in [0.1, 0.15) is 17.4 Å². The summed E-state index contributed by atoms with van der Waals surface area (Å²) in [5, 5.41) is 8.03. The number of aryl methyl sites for hydroxylation is 1. The molecular formula is C19H16F3N5OS. The molecule has 29 heavy (non-hydrogen) atoms. The largest absolute Gasteiger partial charge is 0.399 e. The quantitative estimate of drug-likeness (QED) is 0.672. The number of pyridine rings is 1. The summed E-state index contributed by atoms with van der Waals surface area (Å²) in [4.78, 5) is 9.46. The number of hydrogen-bond acceptors (Lipinski definition) is 7. The average Bonchev–Trinajstić information content (AvgIpc) is 3.12. The molecule has 0 saturated heterocycles. The van der Waals surface area contributed by atoms with Crippen LogP contribution in [-0.2, 0) is 4.74 Å².